The van der Waals surface area contributed by atoms with Crippen molar-refractivity contribution in [2.45, 2.75) is 31.8 Å². The third-order valence-electron chi connectivity index (χ3n) is 5.66. The number of anilines is 1. The lowest BCUT2D eigenvalue weighted by Gasteiger charge is -2.42. The second-order valence-electron chi connectivity index (χ2n) is 7.56. The molecule has 1 aromatic heterocycles. The number of aryl methyl sites for hydroxylation is 1. The Hall–Kier alpha value is -2.87. The summed E-state index contributed by atoms with van der Waals surface area (Å²) in [5.74, 6) is -0.614. The van der Waals surface area contributed by atoms with E-state index in [4.69, 9.17) is 4.74 Å². The van der Waals surface area contributed by atoms with Gasteiger partial charge in [-0.2, -0.15) is 0 Å². The van der Waals surface area contributed by atoms with Crippen LogP contribution in [0.3, 0.4) is 0 Å². The van der Waals surface area contributed by atoms with Crippen LogP contribution in [-0.2, 0) is 9.53 Å². The van der Waals surface area contributed by atoms with Crippen LogP contribution in [0, 0.1) is 12.7 Å². The molecule has 1 aromatic carbocycles. The van der Waals surface area contributed by atoms with Gasteiger partial charge in [-0.15, -0.1) is 0 Å². The van der Waals surface area contributed by atoms with Gasteiger partial charge in [-0.05, 0) is 50.5 Å². The highest BCUT2D eigenvalue weighted by molar-refractivity contribution is 5.95. The molecule has 2 amide bonds. The lowest BCUT2D eigenvalue weighted by molar-refractivity contribution is -0.140. The van der Waals surface area contributed by atoms with Crippen molar-refractivity contribution < 1.29 is 18.7 Å². The predicted octanol–water partition coefficient (Wildman–Crippen LogP) is 2.35. The number of hydrogen-bond acceptors (Lipinski definition) is 5. The molecule has 2 aromatic rings. The maximum Gasteiger partial charge on any atom is 0.274 e. The number of hydrogen-bond donors (Lipinski definition) is 0. The van der Waals surface area contributed by atoms with Gasteiger partial charge in [-0.25, -0.2) is 9.37 Å². The van der Waals surface area contributed by atoms with Crippen molar-refractivity contribution in [2.75, 3.05) is 31.1 Å². The standard InChI is InChI=1S/C21H23FN4O3/c1-15-19(24-10-9-23-15)20(28)25-11-2-7-21(8-12-25)14-26(18(27)13-29-21)17-5-3-16(22)4-6-17/h3-6,9-10H,2,7-8,11-14H2,1H3. The lowest BCUT2D eigenvalue weighted by atomic mass is 9.92. The zero-order valence-electron chi connectivity index (χ0n) is 16.3. The molecule has 7 nitrogen and oxygen atoms in total. The van der Waals surface area contributed by atoms with E-state index in [1.165, 1.54) is 18.3 Å². The Bertz CT molecular complexity index is 920. The number of benzene rings is 1. The molecule has 2 fully saturated rings. The molecule has 0 bridgehead atoms. The molecule has 1 atom stereocenters. The van der Waals surface area contributed by atoms with Crippen LogP contribution in [0.1, 0.15) is 35.4 Å². The summed E-state index contributed by atoms with van der Waals surface area (Å²) >= 11 is 0. The van der Waals surface area contributed by atoms with Gasteiger partial charge in [0.25, 0.3) is 11.8 Å². The second-order valence-corrected chi connectivity index (χ2v) is 7.56. The molecule has 3 heterocycles. The van der Waals surface area contributed by atoms with Gasteiger partial charge in [0, 0.05) is 31.2 Å². The van der Waals surface area contributed by atoms with Gasteiger partial charge in [0.1, 0.15) is 18.1 Å². The molecule has 0 aliphatic carbocycles. The van der Waals surface area contributed by atoms with Crippen LogP contribution in [0.15, 0.2) is 36.7 Å². The molecular weight excluding hydrogens is 375 g/mol. The molecule has 2 aliphatic rings. The van der Waals surface area contributed by atoms with Crippen molar-refractivity contribution in [2.24, 2.45) is 0 Å². The van der Waals surface area contributed by atoms with E-state index in [0.29, 0.717) is 43.1 Å². The van der Waals surface area contributed by atoms with Crippen molar-refractivity contribution in [1.82, 2.24) is 14.9 Å². The van der Waals surface area contributed by atoms with E-state index in [0.717, 1.165) is 12.8 Å². The average Bonchev–Trinajstić information content (AvgIpc) is 2.93. The Morgan fingerprint density at radius 1 is 1.14 bits per heavy atom. The summed E-state index contributed by atoms with van der Waals surface area (Å²) in [6.45, 7) is 3.26. The Morgan fingerprint density at radius 3 is 2.66 bits per heavy atom. The zero-order chi connectivity index (χ0) is 20.4. The van der Waals surface area contributed by atoms with E-state index in [9.17, 15) is 14.0 Å². The van der Waals surface area contributed by atoms with E-state index < -0.39 is 5.60 Å². The molecule has 8 heteroatoms. The highest BCUT2D eigenvalue weighted by Crippen LogP contribution is 2.33. The van der Waals surface area contributed by atoms with Gasteiger partial charge in [0.2, 0.25) is 0 Å². The van der Waals surface area contributed by atoms with Gasteiger partial charge >= 0.3 is 0 Å². The van der Waals surface area contributed by atoms with Crippen molar-refractivity contribution in [3.63, 3.8) is 0 Å². The maximum atomic E-state index is 13.3. The van der Waals surface area contributed by atoms with E-state index in [1.807, 2.05) is 0 Å². The van der Waals surface area contributed by atoms with Crippen LogP contribution in [0.25, 0.3) is 0 Å². The molecular formula is C21H23FN4O3. The highest BCUT2D eigenvalue weighted by atomic mass is 19.1. The summed E-state index contributed by atoms with van der Waals surface area (Å²) in [6.07, 6.45) is 5.21. The summed E-state index contributed by atoms with van der Waals surface area (Å²) in [7, 11) is 0. The fourth-order valence-corrected chi connectivity index (χ4v) is 4.01. The van der Waals surface area contributed by atoms with Gasteiger partial charge in [0.05, 0.1) is 17.8 Å². The van der Waals surface area contributed by atoms with Crippen LogP contribution < -0.4 is 4.90 Å². The second kappa shape index (κ2) is 7.87. The van der Waals surface area contributed by atoms with Crippen molar-refractivity contribution >= 4 is 17.5 Å². The fraction of sp³-hybridized carbons (Fsp3) is 0.429. The molecule has 0 saturated carbocycles. The van der Waals surface area contributed by atoms with Gasteiger partial charge in [0.15, 0.2) is 0 Å². The summed E-state index contributed by atoms with van der Waals surface area (Å²) in [4.78, 5) is 37.1. The topological polar surface area (TPSA) is 75.6 Å². The minimum Gasteiger partial charge on any atom is -0.363 e. The van der Waals surface area contributed by atoms with E-state index in [1.54, 1.807) is 35.1 Å². The first kappa shape index (κ1) is 19.4. The fourth-order valence-electron chi connectivity index (χ4n) is 4.01. The number of nitrogens with zero attached hydrogens (tertiary/aromatic N) is 4. The zero-order valence-corrected chi connectivity index (χ0v) is 16.3. The Labute approximate surface area is 168 Å². The maximum absolute atomic E-state index is 13.3. The number of amides is 2. The molecule has 1 spiro atoms. The van der Waals surface area contributed by atoms with Gasteiger partial charge in [-0.1, -0.05) is 0 Å². The highest BCUT2D eigenvalue weighted by Gasteiger charge is 2.42. The summed E-state index contributed by atoms with van der Waals surface area (Å²) in [6, 6.07) is 5.91. The largest absolute Gasteiger partial charge is 0.363 e. The number of halogens is 1. The minimum absolute atomic E-state index is 0.0193. The van der Waals surface area contributed by atoms with Gasteiger partial charge in [-0.3, -0.25) is 14.6 Å². The SMILES string of the molecule is Cc1nccnc1C(=O)N1CCCC2(CC1)CN(c1ccc(F)cc1)C(=O)CO2. The normalized spacial score (nSPS) is 22.6. The molecule has 4 rings (SSSR count). The number of aromatic nitrogens is 2. The molecule has 2 saturated heterocycles. The third kappa shape index (κ3) is 3.98. The van der Waals surface area contributed by atoms with E-state index in [2.05, 4.69) is 9.97 Å². The Balaban J connectivity index is 1.49. The lowest BCUT2D eigenvalue weighted by Crippen LogP contribution is -2.55. The Morgan fingerprint density at radius 2 is 1.90 bits per heavy atom. The number of rotatable bonds is 2. The van der Waals surface area contributed by atoms with Crippen molar-refractivity contribution in [1.29, 1.82) is 0 Å². The molecule has 29 heavy (non-hydrogen) atoms. The molecule has 0 radical (unpaired) electrons. The Kier molecular flexibility index (Phi) is 5.27. The van der Waals surface area contributed by atoms with Crippen LogP contribution in [-0.4, -0.2) is 58.5 Å². The number of likely N-dealkylation sites (tertiary alicyclic amines) is 1. The molecule has 0 N–H and O–H groups in total. The minimum atomic E-state index is -0.519. The van der Waals surface area contributed by atoms with Crippen LogP contribution in [0.5, 0.6) is 0 Å². The van der Waals surface area contributed by atoms with Crippen molar-refractivity contribution in [3.05, 3.63) is 53.9 Å². The summed E-state index contributed by atoms with van der Waals surface area (Å²) in [5, 5.41) is 0. The molecule has 1 unspecified atom stereocenters. The first-order valence-corrected chi connectivity index (χ1v) is 9.74. The van der Waals surface area contributed by atoms with Crippen LogP contribution in [0.4, 0.5) is 10.1 Å². The predicted molar refractivity (Wildman–Crippen MR) is 104 cm³/mol. The number of carbonyl (C=O) groups excluding carboxylic acids is 2. The van der Waals surface area contributed by atoms with Crippen LogP contribution >= 0.6 is 0 Å². The van der Waals surface area contributed by atoms with E-state index >= 15 is 0 Å². The third-order valence-corrected chi connectivity index (χ3v) is 5.66. The first-order valence-electron chi connectivity index (χ1n) is 9.74. The molecule has 152 valence electrons. The summed E-state index contributed by atoms with van der Waals surface area (Å²) < 4.78 is 19.3. The number of morpholine rings is 1. The molecule has 2 aliphatic heterocycles. The van der Waals surface area contributed by atoms with Crippen LogP contribution in [0.2, 0.25) is 0 Å². The van der Waals surface area contributed by atoms with Gasteiger partial charge < -0.3 is 14.5 Å². The summed E-state index contributed by atoms with van der Waals surface area (Å²) in [5.41, 5.74) is 1.12. The number of ether oxygens (including phenoxy) is 1. The average molecular weight is 398 g/mol. The monoisotopic (exact) mass is 398 g/mol. The smallest absolute Gasteiger partial charge is 0.274 e. The quantitative estimate of drug-likeness (QED) is 0.776. The van der Waals surface area contributed by atoms with E-state index in [-0.39, 0.29) is 24.2 Å². The number of carbonyl (C=O) groups is 2. The first-order chi connectivity index (χ1) is 14.0. The van der Waals surface area contributed by atoms with Crippen molar-refractivity contribution in [3.8, 4) is 0 Å².